The summed E-state index contributed by atoms with van der Waals surface area (Å²) < 4.78 is 0. The van der Waals surface area contributed by atoms with Crippen LogP contribution in [0.25, 0.3) is 0 Å². The molecule has 0 aromatic heterocycles. The Balaban J connectivity index is 2.03. The van der Waals surface area contributed by atoms with E-state index >= 15 is 0 Å². The van der Waals surface area contributed by atoms with Crippen LogP contribution in [-0.2, 0) is 9.59 Å². The molecule has 0 saturated heterocycles. The minimum atomic E-state index is -0.459. The second-order valence-corrected chi connectivity index (χ2v) is 4.46. The molecule has 1 amide bonds. The highest BCUT2D eigenvalue weighted by molar-refractivity contribution is 6.52. The van der Waals surface area contributed by atoms with E-state index in [2.05, 4.69) is 0 Å². The zero-order chi connectivity index (χ0) is 13.1. The summed E-state index contributed by atoms with van der Waals surface area (Å²) >= 11 is 0. The van der Waals surface area contributed by atoms with Crippen LogP contribution in [0.4, 0.5) is 5.69 Å². The maximum absolute atomic E-state index is 11.8. The summed E-state index contributed by atoms with van der Waals surface area (Å²) in [7, 11) is 0. The van der Waals surface area contributed by atoms with Gasteiger partial charge in [0.15, 0.2) is 0 Å². The van der Waals surface area contributed by atoms with E-state index in [0.717, 1.165) is 12.8 Å². The van der Waals surface area contributed by atoms with Gasteiger partial charge in [0.1, 0.15) is 5.78 Å². The first kappa shape index (κ1) is 12.5. The Kier molecular flexibility index (Phi) is 3.55. The van der Waals surface area contributed by atoms with E-state index in [4.69, 9.17) is 0 Å². The summed E-state index contributed by atoms with van der Waals surface area (Å²) in [5.74, 6) is -0.740. The third-order valence-electron chi connectivity index (χ3n) is 3.04. The topological polar surface area (TPSA) is 54.5 Å². The Bertz CT molecular complexity index is 508. The van der Waals surface area contributed by atoms with Crippen LogP contribution in [0.2, 0.25) is 0 Å². The maximum atomic E-state index is 11.8. The molecule has 1 aromatic carbocycles. The zero-order valence-electron chi connectivity index (χ0n) is 10.3. The Morgan fingerprint density at radius 3 is 2.61 bits per heavy atom. The third kappa shape index (κ3) is 2.32. The van der Waals surface area contributed by atoms with Gasteiger partial charge in [0.25, 0.3) is 11.7 Å². The van der Waals surface area contributed by atoms with Gasteiger partial charge in [0.2, 0.25) is 0 Å². The molecule has 94 valence electrons. The highest BCUT2D eigenvalue weighted by Gasteiger charge is 2.34. The molecular formula is C14H15NO3. The molecule has 0 radical (unpaired) electrons. The first-order valence-electron chi connectivity index (χ1n) is 6.06. The molecule has 0 fully saturated rings. The summed E-state index contributed by atoms with van der Waals surface area (Å²) in [6.45, 7) is 2.05. The Labute approximate surface area is 106 Å². The van der Waals surface area contributed by atoms with Gasteiger partial charge in [-0.2, -0.15) is 0 Å². The van der Waals surface area contributed by atoms with Crippen LogP contribution in [0.5, 0.6) is 0 Å². The number of carbonyl (C=O) groups excluding carboxylic acids is 3. The lowest BCUT2D eigenvalue weighted by atomic mass is 10.1. The smallest absolute Gasteiger partial charge is 0.299 e. The number of amides is 1. The predicted molar refractivity (Wildman–Crippen MR) is 67.7 cm³/mol. The van der Waals surface area contributed by atoms with Crippen LogP contribution in [0.3, 0.4) is 0 Å². The molecule has 0 N–H and O–H groups in total. The number of nitrogens with zero attached hydrogens (tertiary/aromatic N) is 1. The number of ketones is 2. The Hall–Kier alpha value is -1.97. The van der Waals surface area contributed by atoms with Crippen molar-refractivity contribution in [2.75, 3.05) is 11.4 Å². The number of hydrogen-bond acceptors (Lipinski definition) is 3. The van der Waals surface area contributed by atoms with Gasteiger partial charge < -0.3 is 9.69 Å². The molecule has 1 aliphatic rings. The van der Waals surface area contributed by atoms with Gasteiger partial charge in [0, 0.05) is 13.0 Å². The first-order chi connectivity index (χ1) is 8.61. The van der Waals surface area contributed by atoms with Gasteiger partial charge in [-0.3, -0.25) is 9.59 Å². The number of hydrogen-bond donors (Lipinski definition) is 0. The normalized spacial score (nSPS) is 13.9. The highest BCUT2D eigenvalue weighted by Crippen LogP contribution is 2.28. The summed E-state index contributed by atoms with van der Waals surface area (Å²) in [5, 5.41) is 0. The van der Waals surface area contributed by atoms with Gasteiger partial charge in [0.05, 0.1) is 11.3 Å². The van der Waals surface area contributed by atoms with Crippen molar-refractivity contribution in [3.8, 4) is 0 Å². The van der Waals surface area contributed by atoms with Crippen molar-refractivity contribution in [3.05, 3.63) is 29.8 Å². The van der Waals surface area contributed by atoms with Crippen LogP contribution in [0.1, 0.15) is 36.5 Å². The number of rotatable bonds is 5. The van der Waals surface area contributed by atoms with Gasteiger partial charge in [-0.05, 0) is 31.9 Å². The molecule has 0 bridgehead atoms. The van der Waals surface area contributed by atoms with Crippen LogP contribution < -0.4 is 4.90 Å². The van der Waals surface area contributed by atoms with Crippen LogP contribution in [0, 0.1) is 0 Å². The zero-order valence-corrected chi connectivity index (χ0v) is 10.3. The van der Waals surface area contributed by atoms with Crippen molar-refractivity contribution in [2.45, 2.75) is 26.2 Å². The second-order valence-electron chi connectivity index (χ2n) is 4.46. The van der Waals surface area contributed by atoms with Crippen molar-refractivity contribution in [1.29, 1.82) is 0 Å². The quantitative estimate of drug-likeness (QED) is 0.588. The molecule has 0 aliphatic carbocycles. The van der Waals surface area contributed by atoms with E-state index in [1.54, 1.807) is 25.1 Å². The number of fused-ring (bicyclic) bond motifs is 1. The lowest BCUT2D eigenvalue weighted by molar-refractivity contribution is -0.117. The van der Waals surface area contributed by atoms with Crippen LogP contribution in [0.15, 0.2) is 24.3 Å². The molecular weight excluding hydrogens is 230 g/mol. The molecule has 1 aliphatic heterocycles. The second kappa shape index (κ2) is 5.12. The maximum Gasteiger partial charge on any atom is 0.299 e. The molecule has 0 unspecified atom stereocenters. The van der Waals surface area contributed by atoms with Gasteiger partial charge in [-0.25, -0.2) is 0 Å². The molecule has 1 aromatic rings. The Morgan fingerprint density at radius 1 is 1.17 bits per heavy atom. The predicted octanol–water partition coefficient (Wildman–Crippen LogP) is 1.98. The molecule has 2 rings (SSSR count). The molecule has 4 nitrogen and oxygen atoms in total. The van der Waals surface area contributed by atoms with Gasteiger partial charge in [-0.15, -0.1) is 0 Å². The molecule has 0 spiro atoms. The van der Waals surface area contributed by atoms with Crippen LogP contribution in [-0.4, -0.2) is 24.0 Å². The number of carbonyl (C=O) groups is 3. The summed E-state index contributed by atoms with van der Waals surface area (Å²) in [5.41, 5.74) is 1.17. The van der Waals surface area contributed by atoms with E-state index in [1.807, 2.05) is 6.07 Å². The summed E-state index contributed by atoms with van der Waals surface area (Å²) in [6.07, 6.45) is 2.00. The fraction of sp³-hybridized carbons (Fsp3) is 0.357. The summed E-state index contributed by atoms with van der Waals surface area (Å²) in [4.78, 5) is 35.8. The average Bonchev–Trinajstić information content (AvgIpc) is 2.59. The SMILES string of the molecule is CC(=O)CCCCN1C(=O)C(=O)c2ccccc21. The van der Waals surface area contributed by atoms with Crippen molar-refractivity contribution >= 4 is 23.2 Å². The molecule has 0 saturated carbocycles. The average molecular weight is 245 g/mol. The molecule has 0 atom stereocenters. The standard InChI is InChI=1S/C14H15NO3/c1-10(16)6-4-5-9-15-12-8-3-2-7-11(12)13(17)14(15)18/h2-3,7-8H,4-6,9H2,1H3. The fourth-order valence-corrected chi connectivity index (χ4v) is 2.11. The van der Waals surface area contributed by atoms with E-state index in [-0.39, 0.29) is 5.78 Å². The fourth-order valence-electron chi connectivity index (χ4n) is 2.11. The third-order valence-corrected chi connectivity index (χ3v) is 3.04. The number of para-hydroxylation sites is 1. The van der Waals surface area contributed by atoms with Gasteiger partial charge in [-0.1, -0.05) is 12.1 Å². The lowest BCUT2D eigenvalue weighted by Crippen LogP contribution is -2.30. The Morgan fingerprint density at radius 2 is 1.89 bits per heavy atom. The van der Waals surface area contributed by atoms with Crippen molar-refractivity contribution in [3.63, 3.8) is 0 Å². The lowest BCUT2D eigenvalue weighted by Gasteiger charge is -2.15. The van der Waals surface area contributed by atoms with Crippen molar-refractivity contribution in [2.24, 2.45) is 0 Å². The minimum Gasteiger partial charge on any atom is -0.305 e. The molecule has 1 heterocycles. The first-order valence-corrected chi connectivity index (χ1v) is 6.06. The number of benzene rings is 1. The van der Waals surface area contributed by atoms with E-state index < -0.39 is 11.7 Å². The number of Topliss-reactive ketones (excluding diaryl/α,β-unsaturated/α-hetero) is 2. The van der Waals surface area contributed by atoms with Gasteiger partial charge >= 0.3 is 0 Å². The van der Waals surface area contributed by atoms with E-state index in [1.165, 1.54) is 4.90 Å². The van der Waals surface area contributed by atoms with E-state index in [0.29, 0.717) is 24.2 Å². The largest absolute Gasteiger partial charge is 0.305 e. The van der Waals surface area contributed by atoms with Crippen LogP contribution >= 0.6 is 0 Å². The van der Waals surface area contributed by atoms with Crippen molar-refractivity contribution in [1.82, 2.24) is 0 Å². The molecule has 4 heteroatoms. The van der Waals surface area contributed by atoms with Crippen molar-refractivity contribution < 1.29 is 14.4 Å². The minimum absolute atomic E-state index is 0.152. The number of unbranched alkanes of at least 4 members (excludes halogenated alkanes) is 1. The molecule has 18 heavy (non-hydrogen) atoms. The monoisotopic (exact) mass is 245 g/mol. The number of anilines is 1. The van der Waals surface area contributed by atoms with E-state index in [9.17, 15) is 14.4 Å². The highest BCUT2D eigenvalue weighted by atomic mass is 16.2. The summed E-state index contributed by atoms with van der Waals surface area (Å²) in [6, 6.07) is 7.02.